The van der Waals surface area contributed by atoms with Gasteiger partial charge in [-0.15, -0.1) is 0 Å². The molecule has 0 aliphatic carbocycles. The molecule has 0 radical (unpaired) electrons. The van der Waals surface area contributed by atoms with Crippen LogP contribution in [0.3, 0.4) is 0 Å². The van der Waals surface area contributed by atoms with Crippen LogP contribution in [-0.2, 0) is 23.8 Å². The van der Waals surface area contributed by atoms with Crippen LogP contribution in [0, 0.1) is 0 Å². The summed E-state index contributed by atoms with van der Waals surface area (Å²) in [6.07, 6.45) is 5.00. The van der Waals surface area contributed by atoms with Crippen molar-refractivity contribution in [1.82, 2.24) is 9.55 Å². The molecule has 0 unspecified atom stereocenters. The van der Waals surface area contributed by atoms with Gasteiger partial charge in [-0.1, -0.05) is 0 Å². The lowest BCUT2D eigenvalue weighted by Crippen LogP contribution is -2.39. The molecule has 4 rings (SSSR count). The first-order valence-corrected chi connectivity index (χ1v) is 8.81. The van der Waals surface area contributed by atoms with Gasteiger partial charge in [-0.25, -0.2) is 14.6 Å². The minimum atomic E-state index is -0.680. The van der Waals surface area contributed by atoms with Crippen LogP contribution in [0.25, 0.3) is 5.69 Å². The fourth-order valence-electron chi connectivity index (χ4n) is 3.23. The second-order valence-electron chi connectivity index (χ2n) is 6.17. The normalized spacial score (nSPS) is 15.9. The number of carbonyl (C=O) groups is 2. The van der Waals surface area contributed by atoms with Crippen molar-refractivity contribution in [2.45, 2.75) is 0 Å². The van der Waals surface area contributed by atoms with Crippen LogP contribution in [0.4, 0.5) is 5.69 Å². The van der Waals surface area contributed by atoms with E-state index in [9.17, 15) is 9.59 Å². The van der Waals surface area contributed by atoms with E-state index < -0.39 is 11.9 Å². The predicted octanol–water partition coefficient (Wildman–Crippen LogP) is 1.04. The van der Waals surface area contributed by atoms with Gasteiger partial charge in [0.25, 0.3) is 0 Å². The third kappa shape index (κ3) is 3.38. The Kier molecular flexibility index (Phi) is 5.09. The van der Waals surface area contributed by atoms with Crippen molar-refractivity contribution in [3.63, 3.8) is 0 Å². The summed E-state index contributed by atoms with van der Waals surface area (Å²) in [6, 6.07) is 3.52. The van der Waals surface area contributed by atoms with E-state index in [1.165, 1.54) is 14.2 Å². The SMILES string of the molecule is COC(=O)C1=C(C(=O)OC)N(c2cc3c(cc2-n2ccnc2)OCCO3)COC1. The number of rotatable bonds is 4. The Morgan fingerprint density at radius 2 is 1.72 bits per heavy atom. The second-order valence-corrected chi connectivity index (χ2v) is 6.17. The number of fused-ring (bicyclic) bond motifs is 1. The number of carbonyl (C=O) groups excluding carboxylic acids is 2. The molecule has 2 aliphatic heterocycles. The average Bonchev–Trinajstić information content (AvgIpc) is 3.31. The van der Waals surface area contributed by atoms with Crippen LogP contribution in [0.5, 0.6) is 11.5 Å². The smallest absolute Gasteiger partial charge is 0.355 e. The number of imidazole rings is 1. The van der Waals surface area contributed by atoms with Crippen molar-refractivity contribution >= 4 is 17.6 Å². The first-order valence-electron chi connectivity index (χ1n) is 8.81. The van der Waals surface area contributed by atoms with E-state index in [1.807, 2.05) is 0 Å². The molecule has 29 heavy (non-hydrogen) atoms. The van der Waals surface area contributed by atoms with E-state index in [1.54, 1.807) is 40.3 Å². The Balaban J connectivity index is 1.92. The highest BCUT2D eigenvalue weighted by atomic mass is 16.6. The van der Waals surface area contributed by atoms with Gasteiger partial charge >= 0.3 is 11.9 Å². The topological polar surface area (TPSA) is 101 Å². The molecule has 0 saturated carbocycles. The highest BCUT2D eigenvalue weighted by Gasteiger charge is 2.34. The summed E-state index contributed by atoms with van der Waals surface area (Å²) < 4.78 is 28.5. The number of anilines is 1. The molecule has 10 heteroatoms. The Morgan fingerprint density at radius 1 is 1.03 bits per heavy atom. The van der Waals surface area contributed by atoms with Crippen molar-refractivity contribution in [3.05, 3.63) is 42.1 Å². The molecular formula is C19H19N3O7. The van der Waals surface area contributed by atoms with E-state index in [4.69, 9.17) is 23.7 Å². The van der Waals surface area contributed by atoms with E-state index in [2.05, 4.69) is 4.98 Å². The largest absolute Gasteiger partial charge is 0.486 e. The van der Waals surface area contributed by atoms with Gasteiger partial charge in [0.05, 0.1) is 44.1 Å². The van der Waals surface area contributed by atoms with Crippen LogP contribution in [-0.4, -0.2) is 62.3 Å². The molecule has 10 nitrogen and oxygen atoms in total. The van der Waals surface area contributed by atoms with Gasteiger partial charge in [0.15, 0.2) is 11.5 Å². The quantitative estimate of drug-likeness (QED) is 0.696. The van der Waals surface area contributed by atoms with Crippen molar-refractivity contribution in [2.75, 3.05) is 45.7 Å². The number of esters is 2. The van der Waals surface area contributed by atoms with Gasteiger partial charge in [-0.05, 0) is 0 Å². The molecule has 0 saturated heterocycles. The highest BCUT2D eigenvalue weighted by molar-refractivity contribution is 6.04. The van der Waals surface area contributed by atoms with Crippen molar-refractivity contribution < 1.29 is 33.3 Å². The number of aromatic nitrogens is 2. The molecule has 0 bridgehead atoms. The maximum Gasteiger partial charge on any atom is 0.355 e. The highest BCUT2D eigenvalue weighted by Crippen LogP contribution is 2.41. The van der Waals surface area contributed by atoms with E-state index in [0.717, 1.165) is 0 Å². The fourth-order valence-corrected chi connectivity index (χ4v) is 3.23. The number of methoxy groups -OCH3 is 2. The zero-order valence-corrected chi connectivity index (χ0v) is 15.9. The molecule has 2 aromatic rings. The van der Waals surface area contributed by atoms with Crippen LogP contribution < -0.4 is 14.4 Å². The molecule has 2 aliphatic rings. The third-order valence-electron chi connectivity index (χ3n) is 4.55. The molecular weight excluding hydrogens is 382 g/mol. The average molecular weight is 401 g/mol. The van der Waals surface area contributed by atoms with Crippen LogP contribution in [0.2, 0.25) is 0 Å². The van der Waals surface area contributed by atoms with Gasteiger partial charge in [0, 0.05) is 24.5 Å². The van der Waals surface area contributed by atoms with Crippen molar-refractivity contribution in [1.29, 1.82) is 0 Å². The Labute approximate surface area is 166 Å². The Bertz CT molecular complexity index is 968. The van der Waals surface area contributed by atoms with Crippen LogP contribution in [0.1, 0.15) is 0 Å². The summed E-state index contributed by atoms with van der Waals surface area (Å²) in [5.74, 6) is -0.264. The zero-order chi connectivity index (χ0) is 20.4. The lowest BCUT2D eigenvalue weighted by molar-refractivity contribution is -0.140. The number of nitrogens with zero attached hydrogens (tertiary/aromatic N) is 3. The van der Waals surface area contributed by atoms with Gasteiger partial charge in [-0.3, -0.25) is 0 Å². The zero-order valence-electron chi connectivity index (χ0n) is 15.9. The first kappa shape index (κ1) is 18.8. The molecule has 3 heterocycles. The van der Waals surface area contributed by atoms with Crippen LogP contribution in [0.15, 0.2) is 42.1 Å². The van der Waals surface area contributed by atoms with Gasteiger partial charge < -0.3 is 33.2 Å². The lowest BCUT2D eigenvalue weighted by Gasteiger charge is -2.33. The minimum Gasteiger partial charge on any atom is -0.486 e. The van der Waals surface area contributed by atoms with Gasteiger partial charge in [-0.2, -0.15) is 0 Å². The number of hydrogen-bond donors (Lipinski definition) is 0. The van der Waals surface area contributed by atoms with Gasteiger partial charge in [0.1, 0.15) is 25.6 Å². The standard InChI is InChI=1S/C19H19N3O7/c1-25-18(23)12-9-27-11-22(17(12)19(24)26-2)14-8-16-15(28-5-6-29-16)7-13(14)21-4-3-20-10-21/h3-4,7-8,10H,5-6,9,11H2,1-2H3. The Morgan fingerprint density at radius 3 is 2.34 bits per heavy atom. The van der Waals surface area contributed by atoms with Crippen molar-refractivity contribution in [3.8, 4) is 17.2 Å². The number of ether oxygens (including phenoxy) is 5. The van der Waals surface area contributed by atoms with Crippen LogP contribution >= 0.6 is 0 Å². The number of hydrogen-bond acceptors (Lipinski definition) is 9. The molecule has 0 amide bonds. The summed E-state index contributed by atoms with van der Waals surface area (Å²) in [7, 11) is 2.49. The maximum atomic E-state index is 12.6. The second kappa shape index (κ2) is 7.84. The monoisotopic (exact) mass is 401 g/mol. The van der Waals surface area contributed by atoms with E-state index >= 15 is 0 Å². The number of benzene rings is 1. The molecule has 0 atom stereocenters. The fraction of sp³-hybridized carbons (Fsp3) is 0.316. The molecule has 152 valence electrons. The summed E-state index contributed by atoms with van der Waals surface area (Å²) >= 11 is 0. The van der Waals surface area contributed by atoms with E-state index in [-0.39, 0.29) is 24.6 Å². The third-order valence-corrected chi connectivity index (χ3v) is 4.55. The first-order chi connectivity index (χ1) is 14.1. The summed E-state index contributed by atoms with van der Waals surface area (Å²) in [6.45, 7) is 0.785. The summed E-state index contributed by atoms with van der Waals surface area (Å²) in [4.78, 5) is 30.5. The molecule has 0 spiro atoms. The predicted molar refractivity (Wildman–Crippen MR) is 98.9 cm³/mol. The molecule has 1 aromatic carbocycles. The van der Waals surface area contributed by atoms with Gasteiger partial charge in [0.2, 0.25) is 0 Å². The lowest BCUT2D eigenvalue weighted by atomic mass is 10.1. The molecule has 0 fully saturated rings. The molecule has 1 aromatic heterocycles. The minimum absolute atomic E-state index is 0.0201. The molecule has 0 N–H and O–H groups in total. The summed E-state index contributed by atoms with van der Waals surface area (Å²) in [5.41, 5.74) is 1.32. The Hall–Kier alpha value is -3.53. The van der Waals surface area contributed by atoms with Crippen molar-refractivity contribution in [2.24, 2.45) is 0 Å². The van der Waals surface area contributed by atoms with E-state index in [0.29, 0.717) is 36.1 Å². The summed E-state index contributed by atoms with van der Waals surface area (Å²) in [5, 5.41) is 0. The maximum absolute atomic E-state index is 12.6.